The molecule has 0 unspecified atom stereocenters. The van der Waals surface area contributed by atoms with Gasteiger partial charge in [-0.05, 0) is 49.5 Å². The van der Waals surface area contributed by atoms with Crippen LogP contribution in [0.25, 0.3) is 33.1 Å². The molecule has 4 aromatic rings. The highest BCUT2D eigenvalue weighted by atomic mass is 35.5. The summed E-state index contributed by atoms with van der Waals surface area (Å²) in [5, 5.41) is 12.1. The van der Waals surface area contributed by atoms with Crippen LogP contribution < -0.4 is 11.3 Å². The maximum atomic E-state index is 12.7. The SMILES string of the molecule is CCN(CC)Cc1c(O)ccc2c(-c3cc4cc(Cl)ccc4oc3=O)cc(=O)oc12. The number of benzene rings is 2. The van der Waals surface area contributed by atoms with Crippen molar-refractivity contribution >= 4 is 33.5 Å². The Kier molecular flexibility index (Phi) is 5.37. The molecule has 154 valence electrons. The summed E-state index contributed by atoms with van der Waals surface area (Å²) in [5.74, 6) is 0.0343. The van der Waals surface area contributed by atoms with Crippen LogP contribution in [0.5, 0.6) is 5.75 Å². The maximum absolute atomic E-state index is 12.7. The molecule has 0 spiro atoms. The molecule has 0 atom stereocenters. The monoisotopic (exact) mass is 425 g/mol. The Hall–Kier alpha value is -3.09. The molecule has 0 aliphatic rings. The van der Waals surface area contributed by atoms with Gasteiger partial charge in [0.25, 0.3) is 0 Å². The van der Waals surface area contributed by atoms with E-state index in [1.807, 2.05) is 13.8 Å². The van der Waals surface area contributed by atoms with Gasteiger partial charge in [-0.2, -0.15) is 0 Å². The Morgan fingerprint density at radius 1 is 0.967 bits per heavy atom. The Morgan fingerprint density at radius 3 is 2.47 bits per heavy atom. The van der Waals surface area contributed by atoms with Crippen molar-refractivity contribution in [2.24, 2.45) is 0 Å². The lowest BCUT2D eigenvalue weighted by Gasteiger charge is -2.19. The van der Waals surface area contributed by atoms with E-state index in [1.165, 1.54) is 6.07 Å². The van der Waals surface area contributed by atoms with Crippen molar-refractivity contribution in [3.63, 3.8) is 0 Å². The molecule has 0 bridgehead atoms. The van der Waals surface area contributed by atoms with E-state index >= 15 is 0 Å². The number of halogens is 1. The summed E-state index contributed by atoms with van der Waals surface area (Å²) in [4.78, 5) is 27.2. The number of nitrogens with zero attached hydrogens (tertiary/aromatic N) is 1. The zero-order valence-corrected chi connectivity index (χ0v) is 17.3. The third-order valence-corrected chi connectivity index (χ3v) is 5.49. The van der Waals surface area contributed by atoms with Crippen molar-refractivity contribution in [2.75, 3.05) is 13.1 Å². The zero-order valence-electron chi connectivity index (χ0n) is 16.6. The van der Waals surface area contributed by atoms with Crippen LogP contribution in [-0.2, 0) is 6.54 Å². The first-order chi connectivity index (χ1) is 14.4. The molecule has 6 nitrogen and oxygen atoms in total. The van der Waals surface area contributed by atoms with Crippen LogP contribution in [0.4, 0.5) is 0 Å². The predicted octanol–water partition coefficient (Wildman–Crippen LogP) is 4.77. The molecule has 0 aliphatic heterocycles. The van der Waals surface area contributed by atoms with Crippen LogP contribution in [0, 0.1) is 0 Å². The fourth-order valence-corrected chi connectivity index (χ4v) is 3.78. The van der Waals surface area contributed by atoms with Crippen LogP contribution in [0.3, 0.4) is 0 Å². The summed E-state index contributed by atoms with van der Waals surface area (Å²) in [6, 6.07) is 11.1. The number of rotatable bonds is 5. The fourth-order valence-electron chi connectivity index (χ4n) is 3.60. The van der Waals surface area contributed by atoms with Gasteiger partial charge in [-0.1, -0.05) is 25.4 Å². The fraction of sp³-hybridized carbons (Fsp3) is 0.217. The van der Waals surface area contributed by atoms with Gasteiger partial charge in [-0.25, -0.2) is 9.59 Å². The lowest BCUT2D eigenvalue weighted by Crippen LogP contribution is -2.22. The number of aromatic hydroxyl groups is 1. The second kappa shape index (κ2) is 7.97. The topological polar surface area (TPSA) is 83.9 Å². The molecule has 0 fully saturated rings. The highest BCUT2D eigenvalue weighted by Gasteiger charge is 2.19. The molecule has 0 aliphatic carbocycles. The summed E-state index contributed by atoms with van der Waals surface area (Å²) in [5.41, 5.74) is 0.586. The van der Waals surface area contributed by atoms with Crippen LogP contribution >= 0.6 is 11.6 Å². The molecule has 2 heterocycles. The minimum absolute atomic E-state index is 0.0343. The van der Waals surface area contributed by atoms with Gasteiger partial charge in [0, 0.05) is 34.0 Å². The number of hydrogen-bond donors (Lipinski definition) is 1. The minimum atomic E-state index is -0.616. The highest BCUT2D eigenvalue weighted by Crippen LogP contribution is 2.34. The molecule has 7 heteroatoms. The van der Waals surface area contributed by atoms with Crippen molar-refractivity contribution in [1.82, 2.24) is 4.90 Å². The first-order valence-corrected chi connectivity index (χ1v) is 10.0. The number of hydrogen-bond acceptors (Lipinski definition) is 6. The van der Waals surface area contributed by atoms with E-state index in [2.05, 4.69) is 4.90 Å². The molecular weight excluding hydrogens is 406 g/mol. The maximum Gasteiger partial charge on any atom is 0.344 e. The highest BCUT2D eigenvalue weighted by molar-refractivity contribution is 6.31. The lowest BCUT2D eigenvalue weighted by atomic mass is 9.99. The van der Waals surface area contributed by atoms with E-state index in [1.54, 1.807) is 36.4 Å². The van der Waals surface area contributed by atoms with Crippen LogP contribution in [0.2, 0.25) is 5.02 Å². The van der Waals surface area contributed by atoms with Gasteiger partial charge in [-0.15, -0.1) is 0 Å². The van der Waals surface area contributed by atoms with Crippen molar-refractivity contribution in [3.05, 3.63) is 73.9 Å². The van der Waals surface area contributed by atoms with Crippen molar-refractivity contribution in [2.45, 2.75) is 20.4 Å². The smallest absolute Gasteiger partial charge is 0.344 e. The molecule has 0 radical (unpaired) electrons. The van der Waals surface area contributed by atoms with Crippen molar-refractivity contribution in [3.8, 4) is 16.9 Å². The minimum Gasteiger partial charge on any atom is -0.507 e. The standard InChI is InChI=1S/C23H20ClNO5/c1-3-25(4-2)12-18-19(26)7-6-15-16(11-21(27)30-22(15)18)17-10-13-9-14(24)5-8-20(13)29-23(17)28/h5-11,26H,3-4,12H2,1-2H3. The van der Waals surface area contributed by atoms with E-state index in [0.717, 1.165) is 13.1 Å². The molecule has 4 rings (SSSR count). The Balaban J connectivity index is 2.01. The van der Waals surface area contributed by atoms with E-state index in [9.17, 15) is 14.7 Å². The van der Waals surface area contributed by atoms with Gasteiger partial charge in [0.2, 0.25) is 0 Å². The quantitative estimate of drug-likeness (QED) is 0.464. The van der Waals surface area contributed by atoms with Crippen LogP contribution in [0.15, 0.2) is 60.9 Å². The van der Waals surface area contributed by atoms with Crippen molar-refractivity contribution in [1.29, 1.82) is 0 Å². The summed E-state index contributed by atoms with van der Waals surface area (Å²) >= 11 is 6.07. The van der Waals surface area contributed by atoms with E-state index in [0.29, 0.717) is 39.0 Å². The van der Waals surface area contributed by atoms with E-state index in [4.69, 9.17) is 20.4 Å². The summed E-state index contributed by atoms with van der Waals surface area (Å²) in [6.45, 7) is 5.97. The lowest BCUT2D eigenvalue weighted by molar-refractivity contribution is 0.290. The summed E-state index contributed by atoms with van der Waals surface area (Å²) in [6.07, 6.45) is 0. The first kappa shape index (κ1) is 20.2. The largest absolute Gasteiger partial charge is 0.507 e. The average Bonchev–Trinajstić information content (AvgIpc) is 2.72. The average molecular weight is 426 g/mol. The number of phenols is 1. The van der Waals surface area contributed by atoms with Crippen LogP contribution in [0.1, 0.15) is 19.4 Å². The normalized spacial score (nSPS) is 11.6. The summed E-state index contributed by atoms with van der Waals surface area (Å²) < 4.78 is 10.9. The zero-order chi connectivity index (χ0) is 21.4. The molecule has 0 saturated heterocycles. The third-order valence-electron chi connectivity index (χ3n) is 5.25. The summed E-state index contributed by atoms with van der Waals surface area (Å²) in [7, 11) is 0. The second-order valence-corrected chi connectivity index (χ2v) is 7.45. The van der Waals surface area contributed by atoms with Crippen LogP contribution in [-0.4, -0.2) is 23.1 Å². The molecule has 30 heavy (non-hydrogen) atoms. The molecule has 2 aromatic carbocycles. The number of fused-ring (bicyclic) bond motifs is 2. The Morgan fingerprint density at radius 2 is 1.73 bits per heavy atom. The van der Waals surface area contributed by atoms with Gasteiger partial charge in [-0.3, -0.25) is 4.90 Å². The Bertz CT molecular complexity index is 1370. The van der Waals surface area contributed by atoms with Gasteiger partial charge >= 0.3 is 11.3 Å². The number of phenolic OH excluding ortho intramolecular Hbond substituents is 1. The van der Waals surface area contributed by atoms with Gasteiger partial charge < -0.3 is 13.9 Å². The Labute approximate surface area is 176 Å². The molecule has 1 N–H and O–H groups in total. The second-order valence-electron chi connectivity index (χ2n) is 7.01. The molecule has 2 aromatic heterocycles. The van der Waals surface area contributed by atoms with E-state index < -0.39 is 11.3 Å². The molecule has 0 saturated carbocycles. The van der Waals surface area contributed by atoms with Gasteiger partial charge in [0.1, 0.15) is 16.9 Å². The predicted molar refractivity (Wildman–Crippen MR) is 117 cm³/mol. The van der Waals surface area contributed by atoms with Gasteiger partial charge in [0.15, 0.2) is 0 Å². The third kappa shape index (κ3) is 3.60. The first-order valence-electron chi connectivity index (χ1n) is 9.66. The van der Waals surface area contributed by atoms with Gasteiger partial charge in [0.05, 0.1) is 11.1 Å². The van der Waals surface area contributed by atoms with E-state index in [-0.39, 0.29) is 16.9 Å². The molecular formula is C23H20ClNO5. The van der Waals surface area contributed by atoms with Crippen molar-refractivity contribution < 1.29 is 13.9 Å². The molecule has 0 amide bonds.